The van der Waals surface area contributed by atoms with Gasteiger partial charge in [-0.15, -0.1) is 0 Å². The summed E-state index contributed by atoms with van der Waals surface area (Å²) in [6.45, 7) is 9.85. The lowest BCUT2D eigenvalue weighted by molar-refractivity contribution is 0.429. The SMILES string of the molecule is CCc1ccc(CCNC(C)(C)C)cc1. The summed E-state index contributed by atoms with van der Waals surface area (Å²) in [6.07, 6.45) is 2.24. The first kappa shape index (κ1) is 12.3. The van der Waals surface area contributed by atoms with Gasteiger partial charge in [-0.25, -0.2) is 0 Å². The van der Waals surface area contributed by atoms with Gasteiger partial charge in [0.2, 0.25) is 0 Å². The maximum atomic E-state index is 3.50. The number of nitrogens with one attached hydrogen (secondary N) is 1. The van der Waals surface area contributed by atoms with Gasteiger partial charge in [-0.05, 0) is 51.3 Å². The second-order valence-electron chi connectivity index (χ2n) is 5.10. The molecule has 1 aromatic rings. The number of rotatable bonds is 4. The first-order valence-corrected chi connectivity index (χ1v) is 5.84. The fourth-order valence-electron chi connectivity index (χ4n) is 1.52. The zero-order chi connectivity index (χ0) is 11.3. The van der Waals surface area contributed by atoms with Crippen molar-refractivity contribution in [1.82, 2.24) is 5.32 Å². The fourth-order valence-corrected chi connectivity index (χ4v) is 1.52. The molecule has 84 valence electrons. The largest absolute Gasteiger partial charge is 0.312 e. The molecule has 1 rings (SSSR count). The number of hydrogen-bond acceptors (Lipinski definition) is 1. The van der Waals surface area contributed by atoms with Crippen molar-refractivity contribution < 1.29 is 0 Å². The quantitative estimate of drug-likeness (QED) is 0.796. The first-order chi connectivity index (χ1) is 7.01. The van der Waals surface area contributed by atoms with Crippen LogP contribution in [0, 0.1) is 0 Å². The minimum absolute atomic E-state index is 0.226. The normalized spacial score (nSPS) is 11.7. The Morgan fingerprint density at radius 2 is 1.53 bits per heavy atom. The van der Waals surface area contributed by atoms with Crippen LogP contribution in [0.2, 0.25) is 0 Å². The molecule has 0 bridgehead atoms. The third-order valence-electron chi connectivity index (χ3n) is 2.50. The van der Waals surface area contributed by atoms with Gasteiger partial charge < -0.3 is 5.32 Å². The lowest BCUT2D eigenvalue weighted by atomic mass is 10.1. The molecule has 0 fully saturated rings. The van der Waals surface area contributed by atoms with Gasteiger partial charge in [-0.3, -0.25) is 0 Å². The summed E-state index contributed by atoms with van der Waals surface area (Å²) in [5, 5.41) is 3.50. The van der Waals surface area contributed by atoms with Crippen molar-refractivity contribution in [3.8, 4) is 0 Å². The summed E-state index contributed by atoms with van der Waals surface area (Å²) in [6, 6.07) is 8.94. The van der Waals surface area contributed by atoms with Crippen LogP contribution < -0.4 is 5.32 Å². The summed E-state index contributed by atoms with van der Waals surface area (Å²) in [5.74, 6) is 0. The molecule has 0 radical (unpaired) electrons. The van der Waals surface area contributed by atoms with E-state index >= 15 is 0 Å². The van der Waals surface area contributed by atoms with Crippen LogP contribution >= 0.6 is 0 Å². The molecule has 1 heteroatoms. The Morgan fingerprint density at radius 1 is 1.00 bits per heavy atom. The summed E-state index contributed by atoms with van der Waals surface area (Å²) in [5.41, 5.74) is 3.06. The smallest absolute Gasteiger partial charge is 0.00966 e. The molecule has 1 nitrogen and oxygen atoms in total. The van der Waals surface area contributed by atoms with Gasteiger partial charge in [0.15, 0.2) is 0 Å². The Hall–Kier alpha value is -0.820. The predicted molar refractivity (Wildman–Crippen MR) is 67.3 cm³/mol. The number of aryl methyl sites for hydroxylation is 1. The zero-order valence-corrected chi connectivity index (χ0v) is 10.4. The van der Waals surface area contributed by atoms with Crippen molar-refractivity contribution >= 4 is 0 Å². The standard InChI is InChI=1S/C14H23N/c1-5-12-6-8-13(9-7-12)10-11-15-14(2,3)4/h6-9,15H,5,10-11H2,1-4H3. The van der Waals surface area contributed by atoms with E-state index in [1.165, 1.54) is 11.1 Å². The topological polar surface area (TPSA) is 12.0 Å². The average molecular weight is 205 g/mol. The average Bonchev–Trinajstić information content (AvgIpc) is 2.17. The fraction of sp³-hybridized carbons (Fsp3) is 0.571. The molecule has 0 unspecified atom stereocenters. The summed E-state index contributed by atoms with van der Waals surface area (Å²) >= 11 is 0. The minimum atomic E-state index is 0.226. The molecule has 1 aromatic carbocycles. The Kier molecular flexibility index (Phi) is 4.34. The molecular weight excluding hydrogens is 182 g/mol. The third kappa shape index (κ3) is 4.98. The van der Waals surface area contributed by atoms with E-state index in [9.17, 15) is 0 Å². The Balaban J connectivity index is 2.38. The molecular formula is C14H23N. The highest BCUT2D eigenvalue weighted by Gasteiger charge is 2.07. The van der Waals surface area contributed by atoms with E-state index in [0.717, 1.165) is 19.4 Å². The monoisotopic (exact) mass is 205 g/mol. The van der Waals surface area contributed by atoms with Gasteiger partial charge in [0.05, 0.1) is 0 Å². The van der Waals surface area contributed by atoms with E-state index in [1.807, 2.05) is 0 Å². The molecule has 0 aliphatic rings. The minimum Gasteiger partial charge on any atom is -0.312 e. The van der Waals surface area contributed by atoms with Crippen molar-refractivity contribution in [1.29, 1.82) is 0 Å². The van der Waals surface area contributed by atoms with E-state index in [4.69, 9.17) is 0 Å². The molecule has 0 spiro atoms. The van der Waals surface area contributed by atoms with Gasteiger partial charge >= 0.3 is 0 Å². The van der Waals surface area contributed by atoms with E-state index in [-0.39, 0.29) is 5.54 Å². The highest BCUT2D eigenvalue weighted by molar-refractivity contribution is 5.22. The maximum absolute atomic E-state index is 3.50. The molecule has 0 saturated carbocycles. The van der Waals surface area contributed by atoms with Gasteiger partial charge in [-0.2, -0.15) is 0 Å². The first-order valence-electron chi connectivity index (χ1n) is 5.84. The highest BCUT2D eigenvalue weighted by atomic mass is 14.9. The second-order valence-corrected chi connectivity index (χ2v) is 5.10. The van der Waals surface area contributed by atoms with Crippen LogP contribution in [0.15, 0.2) is 24.3 Å². The van der Waals surface area contributed by atoms with Crippen LogP contribution in [0.1, 0.15) is 38.8 Å². The summed E-state index contributed by atoms with van der Waals surface area (Å²) in [4.78, 5) is 0. The third-order valence-corrected chi connectivity index (χ3v) is 2.50. The molecule has 0 aliphatic heterocycles. The van der Waals surface area contributed by atoms with E-state index in [0.29, 0.717) is 0 Å². The van der Waals surface area contributed by atoms with Gasteiger partial charge in [0.25, 0.3) is 0 Å². The molecule has 0 aliphatic carbocycles. The molecule has 0 atom stereocenters. The van der Waals surface area contributed by atoms with Gasteiger partial charge in [0.1, 0.15) is 0 Å². The predicted octanol–water partition coefficient (Wildman–Crippen LogP) is 3.18. The van der Waals surface area contributed by atoms with Crippen LogP contribution in [0.4, 0.5) is 0 Å². The molecule has 0 heterocycles. The Labute approximate surface area is 93.9 Å². The molecule has 15 heavy (non-hydrogen) atoms. The van der Waals surface area contributed by atoms with E-state index in [2.05, 4.69) is 57.3 Å². The molecule has 1 N–H and O–H groups in total. The molecule has 0 saturated heterocycles. The molecule has 0 amide bonds. The number of hydrogen-bond donors (Lipinski definition) is 1. The lowest BCUT2D eigenvalue weighted by Gasteiger charge is -2.20. The van der Waals surface area contributed by atoms with Crippen molar-refractivity contribution in [3.05, 3.63) is 35.4 Å². The van der Waals surface area contributed by atoms with Crippen LogP contribution in [0.5, 0.6) is 0 Å². The van der Waals surface area contributed by atoms with Crippen LogP contribution in [-0.2, 0) is 12.8 Å². The highest BCUT2D eigenvalue weighted by Crippen LogP contribution is 2.06. The maximum Gasteiger partial charge on any atom is 0.00966 e. The Morgan fingerprint density at radius 3 is 2.00 bits per heavy atom. The second kappa shape index (κ2) is 5.32. The van der Waals surface area contributed by atoms with Crippen molar-refractivity contribution in [3.63, 3.8) is 0 Å². The van der Waals surface area contributed by atoms with Crippen LogP contribution in [-0.4, -0.2) is 12.1 Å². The van der Waals surface area contributed by atoms with Crippen LogP contribution in [0.25, 0.3) is 0 Å². The van der Waals surface area contributed by atoms with Crippen LogP contribution in [0.3, 0.4) is 0 Å². The van der Waals surface area contributed by atoms with Crippen molar-refractivity contribution in [2.45, 2.75) is 46.1 Å². The van der Waals surface area contributed by atoms with E-state index < -0.39 is 0 Å². The van der Waals surface area contributed by atoms with Gasteiger partial charge in [0, 0.05) is 5.54 Å². The summed E-state index contributed by atoms with van der Waals surface area (Å²) < 4.78 is 0. The van der Waals surface area contributed by atoms with E-state index in [1.54, 1.807) is 0 Å². The summed E-state index contributed by atoms with van der Waals surface area (Å²) in [7, 11) is 0. The lowest BCUT2D eigenvalue weighted by Crippen LogP contribution is -2.37. The van der Waals surface area contributed by atoms with Crippen molar-refractivity contribution in [2.24, 2.45) is 0 Å². The van der Waals surface area contributed by atoms with Gasteiger partial charge in [-0.1, -0.05) is 31.2 Å². The Bertz CT molecular complexity index is 279. The molecule has 0 aromatic heterocycles. The number of benzene rings is 1. The zero-order valence-electron chi connectivity index (χ0n) is 10.4. The van der Waals surface area contributed by atoms with Crippen molar-refractivity contribution in [2.75, 3.05) is 6.54 Å².